The third-order valence-corrected chi connectivity index (χ3v) is 3.60. The molecule has 1 amide bonds. The summed E-state index contributed by atoms with van der Waals surface area (Å²) in [4.78, 5) is 16.6. The number of alkyl halides is 3. The van der Waals surface area contributed by atoms with Crippen molar-refractivity contribution in [3.63, 3.8) is 0 Å². The first kappa shape index (κ1) is 20.5. The molecule has 1 atom stereocenters. The summed E-state index contributed by atoms with van der Waals surface area (Å²) in [7, 11) is 0. The molecule has 4 nitrogen and oxygen atoms in total. The topological polar surface area (TPSA) is 51.2 Å². The van der Waals surface area contributed by atoms with Crippen molar-refractivity contribution in [1.29, 1.82) is 0 Å². The smallest absolute Gasteiger partial charge is 0.416 e. The van der Waals surface area contributed by atoms with Crippen molar-refractivity contribution in [3.8, 4) is 0 Å². The highest BCUT2D eigenvalue weighted by atomic mass is 19.4. The van der Waals surface area contributed by atoms with Gasteiger partial charge in [-0.3, -0.25) is 4.98 Å². The zero-order valence-corrected chi connectivity index (χ0v) is 15.3. The van der Waals surface area contributed by atoms with Crippen LogP contribution in [0.1, 0.15) is 49.2 Å². The Morgan fingerprint density at radius 1 is 1.19 bits per heavy atom. The number of nitrogens with zero attached hydrogens (tertiary/aromatic N) is 1. The molecule has 0 aliphatic heterocycles. The fourth-order valence-corrected chi connectivity index (χ4v) is 2.44. The zero-order chi connectivity index (χ0) is 20.2. The Kier molecular flexibility index (Phi) is 5.93. The predicted octanol–water partition coefficient (Wildman–Crippen LogP) is 5.36. The van der Waals surface area contributed by atoms with Crippen LogP contribution in [0.5, 0.6) is 0 Å². The Morgan fingerprint density at radius 2 is 1.81 bits per heavy atom. The minimum Gasteiger partial charge on any atom is -0.444 e. The Balaban J connectivity index is 2.43. The van der Waals surface area contributed by atoms with Gasteiger partial charge in [0.25, 0.3) is 0 Å². The van der Waals surface area contributed by atoms with Crippen molar-refractivity contribution in [2.75, 3.05) is 0 Å². The molecule has 0 fully saturated rings. The molecule has 1 aromatic heterocycles. The largest absolute Gasteiger partial charge is 0.444 e. The van der Waals surface area contributed by atoms with Gasteiger partial charge in [-0.1, -0.05) is 30.9 Å². The lowest BCUT2D eigenvalue weighted by atomic mass is 9.98. The maximum atomic E-state index is 12.8. The lowest BCUT2D eigenvalue weighted by Gasteiger charge is -2.24. The number of halogens is 3. The highest BCUT2D eigenvalue weighted by Crippen LogP contribution is 2.31. The van der Waals surface area contributed by atoms with Crippen LogP contribution in [0, 0.1) is 0 Å². The lowest BCUT2D eigenvalue weighted by molar-refractivity contribution is -0.137. The van der Waals surface area contributed by atoms with E-state index in [0.717, 1.165) is 12.1 Å². The van der Waals surface area contributed by atoms with Gasteiger partial charge in [0.2, 0.25) is 0 Å². The molecule has 2 rings (SSSR count). The van der Waals surface area contributed by atoms with Gasteiger partial charge in [0, 0.05) is 6.20 Å². The normalized spacial score (nSPS) is 13.0. The Morgan fingerprint density at radius 3 is 2.33 bits per heavy atom. The Bertz CT molecular complexity index is 809. The minimum absolute atomic E-state index is 0.440. The van der Waals surface area contributed by atoms with E-state index in [9.17, 15) is 18.0 Å². The standard InChI is InChI=1S/C20H21F3N2O2/c1-5-13-7-6-12-24-16(13)17(25-18(26)27-19(2,3)4)14-8-10-15(11-9-14)20(21,22)23/h5-12,17H,1H2,2-4H3,(H,25,26). The molecule has 0 saturated heterocycles. The number of nitrogens with one attached hydrogen (secondary N) is 1. The molecule has 1 heterocycles. The van der Waals surface area contributed by atoms with Crippen LogP contribution >= 0.6 is 0 Å². The van der Waals surface area contributed by atoms with Crippen molar-refractivity contribution < 1.29 is 22.7 Å². The molecule has 1 unspecified atom stereocenters. The minimum atomic E-state index is -4.44. The molecular weight excluding hydrogens is 357 g/mol. The first-order valence-electron chi connectivity index (χ1n) is 8.25. The van der Waals surface area contributed by atoms with Crippen molar-refractivity contribution >= 4 is 12.2 Å². The van der Waals surface area contributed by atoms with E-state index in [4.69, 9.17) is 4.74 Å². The van der Waals surface area contributed by atoms with Crippen molar-refractivity contribution in [2.45, 2.75) is 38.6 Å². The van der Waals surface area contributed by atoms with Gasteiger partial charge in [-0.15, -0.1) is 0 Å². The van der Waals surface area contributed by atoms with Crippen LogP contribution in [0.15, 0.2) is 49.2 Å². The maximum absolute atomic E-state index is 12.8. The number of pyridine rings is 1. The SMILES string of the molecule is C=Cc1cccnc1C(NC(=O)OC(C)(C)C)c1ccc(C(F)(F)F)cc1. The van der Waals surface area contributed by atoms with E-state index in [2.05, 4.69) is 16.9 Å². The van der Waals surface area contributed by atoms with Crippen molar-refractivity contribution in [3.05, 3.63) is 71.6 Å². The molecule has 0 aliphatic rings. The molecule has 27 heavy (non-hydrogen) atoms. The zero-order valence-electron chi connectivity index (χ0n) is 15.3. The molecule has 0 aliphatic carbocycles. The molecule has 0 spiro atoms. The molecule has 1 aromatic carbocycles. The number of ether oxygens (including phenoxy) is 1. The summed E-state index contributed by atoms with van der Waals surface area (Å²) in [6.45, 7) is 8.87. The predicted molar refractivity (Wildman–Crippen MR) is 97.0 cm³/mol. The molecule has 7 heteroatoms. The maximum Gasteiger partial charge on any atom is 0.416 e. The summed E-state index contributed by atoms with van der Waals surface area (Å²) >= 11 is 0. The molecule has 0 saturated carbocycles. The van der Waals surface area contributed by atoms with Crippen molar-refractivity contribution in [1.82, 2.24) is 10.3 Å². The molecule has 144 valence electrons. The van der Waals surface area contributed by atoms with Gasteiger partial charge in [0.1, 0.15) is 11.6 Å². The van der Waals surface area contributed by atoms with E-state index in [1.165, 1.54) is 18.3 Å². The number of carbonyl (C=O) groups is 1. The molecule has 2 aromatic rings. The van der Waals surface area contributed by atoms with Crippen molar-refractivity contribution in [2.24, 2.45) is 0 Å². The van der Waals surface area contributed by atoms with Gasteiger partial charge in [0.15, 0.2) is 0 Å². The number of amides is 1. The monoisotopic (exact) mass is 378 g/mol. The van der Waals surface area contributed by atoms with Crippen LogP contribution in [0.3, 0.4) is 0 Å². The average Bonchev–Trinajstić information content (AvgIpc) is 2.57. The number of rotatable bonds is 4. The number of carbonyl (C=O) groups excluding carboxylic acids is 1. The van der Waals surface area contributed by atoms with Gasteiger partial charge in [-0.2, -0.15) is 13.2 Å². The van der Waals surface area contributed by atoms with E-state index in [1.807, 2.05) is 0 Å². The molecule has 1 N–H and O–H groups in total. The van der Waals surface area contributed by atoms with Gasteiger partial charge < -0.3 is 10.1 Å². The highest BCUT2D eigenvalue weighted by molar-refractivity contribution is 5.69. The fraction of sp³-hybridized carbons (Fsp3) is 0.300. The number of hydrogen-bond donors (Lipinski definition) is 1. The third kappa shape index (κ3) is 5.57. The molecule has 0 bridgehead atoms. The van der Waals surface area contributed by atoms with E-state index in [-0.39, 0.29) is 0 Å². The second kappa shape index (κ2) is 7.82. The summed E-state index contributed by atoms with van der Waals surface area (Å²) in [5.41, 5.74) is 0.0552. The van der Waals surface area contributed by atoms with Gasteiger partial charge >= 0.3 is 12.3 Å². The number of alkyl carbamates (subject to hydrolysis) is 1. The molecular formula is C20H21F3N2O2. The van der Waals surface area contributed by atoms with Crippen LogP contribution in [0.2, 0.25) is 0 Å². The van der Waals surface area contributed by atoms with Crippen LogP contribution in [0.4, 0.5) is 18.0 Å². The summed E-state index contributed by atoms with van der Waals surface area (Å²) in [5.74, 6) is 0. The van der Waals surface area contributed by atoms with Crippen LogP contribution in [-0.2, 0) is 10.9 Å². The Labute approximate surface area is 156 Å². The lowest BCUT2D eigenvalue weighted by Crippen LogP contribution is -2.36. The highest BCUT2D eigenvalue weighted by Gasteiger charge is 2.31. The van der Waals surface area contributed by atoms with E-state index in [1.54, 1.807) is 39.0 Å². The fourth-order valence-electron chi connectivity index (χ4n) is 2.44. The number of benzene rings is 1. The first-order valence-corrected chi connectivity index (χ1v) is 8.25. The second-order valence-electron chi connectivity index (χ2n) is 6.88. The van der Waals surface area contributed by atoms with Crippen LogP contribution in [0.25, 0.3) is 6.08 Å². The quantitative estimate of drug-likeness (QED) is 0.779. The first-order chi connectivity index (χ1) is 12.5. The number of hydrogen-bond acceptors (Lipinski definition) is 3. The van der Waals surface area contributed by atoms with E-state index >= 15 is 0 Å². The average molecular weight is 378 g/mol. The van der Waals surface area contributed by atoms with E-state index in [0.29, 0.717) is 16.8 Å². The molecule has 0 radical (unpaired) electrons. The van der Waals surface area contributed by atoms with E-state index < -0.39 is 29.5 Å². The summed E-state index contributed by atoms with van der Waals surface area (Å²) in [6.07, 6.45) is -2.04. The van der Waals surface area contributed by atoms with Gasteiger partial charge in [-0.25, -0.2) is 4.79 Å². The third-order valence-electron chi connectivity index (χ3n) is 3.60. The van der Waals surface area contributed by atoms with Gasteiger partial charge in [0.05, 0.1) is 11.3 Å². The van der Waals surface area contributed by atoms with Crippen LogP contribution < -0.4 is 5.32 Å². The summed E-state index contributed by atoms with van der Waals surface area (Å²) < 4.78 is 43.8. The number of aromatic nitrogens is 1. The Hall–Kier alpha value is -2.83. The van der Waals surface area contributed by atoms with Gasteiger partial charge in [-0.05, 0) is 50.1 Å². The second-order valence-corrected chi connectivity index (χ2v) is 6.88. The van der Waals surface area contributed by atoms with Crippen LogP contribution in [-0.4, -0.2) is 16.7 Å². The summed E-state index contributed by atoms with van der Waals surface area (Å²) in [6, 6.07) is 7.22. The summed E-state index contributed by atoms with van der Waals surface area (Å²) in [5, 5.41) is 2.69.